The molecule has 0 amide bonds. The maximum atomic E-state index is 11.2. The molecule has 0 aromatic heterocycles. The average Bonchev–Trinajstić information content (AvgIpc) is 2.58. The number of hydrogen-bond donors (Lipinski definition) is 0. The average molecular weight is 199 g/mol. The van der Waals surface area contributed by atoms with Crippen LogP contribution in [0.2, 0.25) is 0 Å². The van der Waals surface area contributed by atoms with Crippen LogP contribution < -0.4 is 0 Å². The Morgan fingerprint density at radius 3 is 2.27 bits per heavy atom. The minimum atomic E-state index is -0.653. The lowest BCUT2D eigenvalue weighted by Gasteiger charge is -1.98. The molecule has 0 unspecified atom stereocenters. The predicted octanol–water partition coefficient (Wildman–Crippen LogP) is 1.03. The SMILES string of the molecule is N#Cc1ccc(C2=CC(=O)OC2=O)cc1. The third-order valence-electron chi connectivity index (χ3n) is 2.00. The Bertz CT molecular complexity index is 506. The van der Waals surface area contributed by atoms with Gasteiger partial charge in [0.2, 0.25) is 0 Å². The number of ether oxygens (including phenoxy) is 1. The van der Waals surface area contributed by atoms with E-state index in [0.29, 0.717) is 11.1 Å². The number of esters is 2. The van der Waals surface area contributed by atoms with Crippen LogP contribution in [0.25, 0.3) is 5.57 Å². The summed E-state index contributed by atoms with van der Waals surface area (Å²) in [5, 5.41) is 8.58. The Labute approximate surface area is 85.4 Å². The number of rotatable bonds is 1. The first-order valence-corrected chi connectivity index (χ1v) is 4.19. The zero-order chi connectivity index (χ0) is 10.8. The van der Waals surface area contributed by atoms with Crippen LogP contribution in [0.5, 0.6) is 0 Å². The van der Waals surface area contributed by atoms with Crippen molar-refractivity contribution >= 4 is 17.5 Å². The fourth-order valence-corrected chi connectivity index (χ4v) is 1.28. The van der Waals surface area contributed by atoms with Gasteiger partial charge in [0.1, 0.15) is 0 Å². The quantitative estimate of drug-likeness (QED) is 0.500. The molecule has 1 aliphatic rings. The van der Waals surface area contributed by atoms with E-state index in [9.17, 15) is 9.59 Å². The van der Waals surface area contributed by atoms with Crippen molar-refractivity contribution in [1.29, 1.82) is 5.26 Å². The van der Waals surface area contributed by atoms with Crippen molar-refractivity contribution in [1.82, 2.24) is 0 Å². The Morgan fingerprint density at radius 2 is 1.80 bits per heavy atom. The van der Waals surface area contributed by atoms with Gasteiger partial charge in [0.25, 0.3) is 0 Å². The van der Waals surface area contributed by atoms with Gasteiger partial charge < -0.3 is 4.74 Å². The maximum absolute atomic E-state index is 11.2. The molecule has 0 N–H and O–H groups in total. The molecule has 4 nitrogen and oxygen atoms in total. The van der Waals surface area contributed by atoms with E-state index in [4.69, 9.17) is 5.26 Å². The van der Waals surface area contributed by atoms with Crippen molar-refractivity contribution in [2.24, 2.45) is 0 Å². The van der Waals surface area contributed by atoms with Gasteiger partial charge in [-0.15, -0.1) is 0 Å². The number of carbonyl (C=O) groups excluding carboxylic acids is 2. The first-order valence-electron chi connectivity index (χ1n) is 4.19. The minimum absolute atomic E-state index is 0.226. The van der Waals surface area contributed by atoms with Gasteiger partial charge in [-0.05, 0) is 17.7 Å². The van der Waals surface area contributed by atoms with Crippen LogP contribution in [0, 0.1) is 11.3 Å². The van der Waals surface area contributed by atoms with E-state index < -0.39 is 11.9 Å². The molecule has 0 bridgehead atoms. The molecule has 0 radical (unpaired) electrons. The molecule has 72 valence electrons. The van der Waals surface area contributed by atoms with Crippen molar-refractivity contribution in [2.45, 2.75) is 0 Å². The van der Waals surface area contributed by atoms with Crippen LogP contribution in [0.15, 0.2) is 30.3 Å². The Kier molecular flexibility index (Phi) is 2.07. The normalized spacial score (nSPS) is 14.5. The van der Waals surface area contributed by atoms with Gasteiger partial charge in [0, 0.05) is 6.08 Å². The molecule has 15 heavy (non-hydrogen) atoms. The lowest BCUT2D eigenvalue weighted by Crippen LogP contribution is -2.01. The highest BCUT2D eigenvalue weighted by molar-refractivity contribution is 6.28. The summed E-state index contributed by atoms with van der Waals surface area (Å²) >= 11 is 0. The highest BCUT2D eigenvalue weighted by Crippen LogP contribution is 2.21. The van der Waals surface area contributed by atoms with Crippen LogP contribution in [-0.4, -0.2) is 11.9 Å². The maximum Gasteiger partial charge on any atom is 0.346 e. The number of nitrogens with zero attached hydrogens (tertiary/aromatic N) is 1. The molecule has 0 saturated heterocycles. The second-order valence-electron chi connectivity index (χ2n) is 2.96. The molecule has 1 aromatic carbocycles. The highest BCUT2D eigenvalue weighted by Gasteiger charge is 2.24. The standard InChI is InChI=1S/C11H5NO3/c12-6-7-1-3-8(4-2-7)9-5-10(13)15-11(9)14/h1-5H. The summed E-state index contributed by atoms with van der Waals surface area (Å²) in [7, 11) is 0. The topological polar surface area (TPSA) is 67.2 Å². The van der Waals surface area contributed by atoms with E-state index in [1.165, 1.54) is 0 Å². The van der Waals surface area contributed by atoms with Gasteiger partial charge >= 0.3 is 11.9 Å². The second kappa shape index (κ2) is 3.39. The molecule has 0 saturated carbocycles. The van der Waals surface area contributed by atoms with Crippen LogP contribution >= 0.6 is 0 Å². The van der Waals surface area contributed by atoms with Gasteiger partial charge in [-0.25, -0.2) is 9.59 Å². The molecule has 2 rings (SSSR count). The second-order valence-corrected chi connectivity index (χ2v) is 2.96. The van der Waals surface area contributed by atoms with Crippen LogP contribution in [0.4, 0.5) is 0 Å². The summed E-state index contributed by atoms with van der Waals surface area (Å²) < 4.78 is 4.35. The fourth-order valence-electron chi connectivity index (χ4n) is 1.28. The fraction of sp³-hybridized carbons (Fsp3) is 0. The monoisotopic (exact) mass is 199 g/mol. The van der Waals surface area contributed by atoms with Gasteiger partial charge in [0.05, 0.1) is 17.2 Å². The van der Waals surface area contributed by atoms with E-state index in [1.807, 2.05) is 6.07 Å². The van der Waals surface area contributed by atoms with E-state index in [0.717, 1.165) is 6.08 Å². The third kappa shape index (κ3) is 1.63. The number of benzene rings is 1. The third-order valence-corrected chi connectivity index (χ3v) is 2.00. The molecular formula is C11H5NO3. The molecule has 1 aromatic rings. The van der Waals surface area contributed by atoms with E-state index in [-0.39, 0.29) is 5.57 Å². The molecule has 0 fully saturated rings. The summed E-state index contributed by atoms with van der Waals surface area (Å²) in [5.74, 6) is -1.30. The minimum Gasteiger partial charge on any atom is -0.386 e. The summed E-state index contributed by atoms with van der Waals surface area (Å²) in [6.45, 7) is 0. The number of hydrogen-bond acceptors (Lipinski definition) is 4. The molecule has 0 aliphatic carbocycles. The summed E-state index contributed by atoms with van der Waals surface area (Å²) in [6, 6.07) is 8.32. The highest BCUT2D eigenvalue weighted by atomic mass is 16.6. The van der Waals surface area contributed by atoms with Crippen LogP contribution in [0.1, 0.15) is 11.1 Å². The van der Waals surface area contributed by atoms with Crippen molar-refractivity contribution in [3.8, 4) is 6.07 Å². The first kappa shape index (κ1) is 9.16. The van der Waals surface area contributed by atoms with Crippen LogP contribution in [0.3, 0.4) is 0 Å². The molecule has 0 spiro atoms. The van der Waals surface area contributed by atoms with E-state index >= 15 is 0 Å². The van der Waals surface area contributed by atoms with Gasteiger partial charge in [-0.2, -0.15) is 5.26 Å². The van der Waals surface area contributed by atoms with Crippen molar-refractivity contribution in [3.05, 3.63) is 41.5 Å². The molecule has 4 heteroatoms. The number of carbonyl (C=O) groups is 2. The number of cyclic esters (lactones) is 2. The lowest BCUT2D eigenvalue weighted by atomic mass is 10.1. The summed E-state index contributed by atoms with van der Waals surface area (Å²) in [6.07, 6.45) is 1.14. The van der Waals surface area contributed by atoms with Crippen molar-refractivity contribution in [3.63, 3.8) is 0 Å². The molecule has 0 atom stereocenters. The van der Waals surface area contributed by atoms with E-state index in [2.05, 4.69) is 4.74 Å². The summed E-state index contributed by atoms with van der Waals surface area (Å²) in [4.78, 5) is 22.0. The molecule has 1 heterocycles. The van der Waals surface area contributed by atoms with Gasteiger partial charge in [-0.1, -0.05) is 12.1 Å². The van der Waals surface area contributed by atoms with Gasteiger partial charge in [-0.3, -0.25) is 0 Å². The van der Waals surface area contributed by atoms with Crippen LogP contribution in [-0.2, 0) is 14.3 Å². The van der Waals surface area contributed by atoms with E-state index in [1.54, 1.807) is 24.3 Å². The smallest absolute Gasteiger partial charge is 0.346 e. The zero-order valence-electron chi connectivity index (χ0n) is 7.56. The lowest BCUT2D eigenvalue weighted by molar-refractivity contribution is -0.149. The van der Waals surface area contributed by atoms with Crippen molar-refractivity contribution < 1.29 is 14.3 Å². The number of nitriles is 1. The Hall–Kier alpha value is -2.41. The Balaban J connectivity index is 2.39. The first-order chi connectivity index (χ1) is 7.20. The Morgan fingerprint density at radius 1 is 1.13 bits per heavy atom. The largest absolute Gasteiger partial charge is 0.386 e. The predicted molar refractivity (Wildman–Crippen MR) is 50.2 cm³/mol. The van der Waals surface area contributed by atoms with Gasteiger partial charge in [0.15, 0.2) is 0 Å². The summed E-state index contributed by atoms with van der Waals surface area (Å²) in [5.41, 5.74) is 1.30. The molecule has 1 aliphatic heterocycles. The zero-order valence-corrected chi connectivity index (χ0v) is 7.56. The van der Waals surface area contributed by atoms with Crippen molar-refractivity contribution in [2.75, 3.05) is 0 Å². The molecular weight excluding hydrogens is 194 g/mol.